The number of likely N-dealkylation sites (tertiary alicyclic amines) is 1. The summed E-state index contributed by atoms with van der Waals surface area (Å²) < 4.78 is 0. The van der Waals surface area contributed by atoms with Crippen LogP contribution in [-0.4, -0.2) is 40.7 Å². The number of hydrogen-bond acceptors (Lipinski definition) is 5. The Balaban J connectivity index is 1.63. The Morgan fingerprint density at radius 1 is 1.22 bits per heavy atom. The molecule has 32 heavy (non-hydrogen) atoms. The predicted molar refractivity (Wildman–Crippen MR) is 112 cm³/mol. The fraction of sp³-hybridized carbons (Fsp3) is 0.565. The van der Waals surface area contributed by atoms with Crippen LogP contribution in [0.3, 0.4) is 0 Å². The van der Waals surface area contributed by atoms with Crippen molar-refractivity contribution in [2.45, 2.75) is 69.5 Å². The van der Waals surface area contributed by atoms with Gasteiger partial charge in [-0.2, -0.15) is 0 Å². The van der Waals surface area contributed by atoms with Crippen molar-refractivity contribution in [1.82, 2.24) is 4.90 Å². The van der Waals surface area contributed by atoms with Crippen LogP contribution in [0.2, 0.25) is 5.02 Å². The zero-order valence-electron chi connectivity index (χ0n) is 17.9. The molecular weight excluding hydrogens is 434 g/mol. The Bertz CT molecular complexity index is 1040. The second-order valence-corrected chi connectivity index (χ2v) is 9.98. The van der Waals surface area contributed by atoms with Crippen molar-refractivity contribution in [2.24, 2.45) is 11.8 Å². The van der Waals surface area contributed by atoms with E-state index >= 15 is 0 Å². The highest BCUT2D eigenvalue weighted by molar-refractivity contribution is 6.35. The lowest BCUT2D eigenvalue weighted by atomic mass is 9.76. The monoisotopic (exact) mass is 459 g/mol. The molecule has 1 aliphatic carbocycles. The van der Waals surface area contributed by atoms with Gasteiger partial charge in [0, 0.05) is 24.0 Å². The molecule has 1 aromatic carbocycles. The molecule has 1 aromatic rings. The van der Waals surface area contributed by atoms with E-state index in [4.69, 9.17) is 11.6 Å². The number of nitrogens with one attached hydrogen (secondary N) is 1. The lowest BCUT2D eigenvalue weighted by Crippen LogP contribution is -2.99. The highest BCUT2D eigenvalue weighted by Gasteiger charge is 2.74. The molecule has 0 bridgehead atoms. The lowest BCUT2D eigenvalue weighted by Gasteiger charge is -2.32. The SMILES string of the molecule is Cc1cc(Cl)c2c(c1)[C@]1([NH2+][C@@H](CCC(=O)[O-])[C@H]3C(=O)N(C4CCCCC4)C(=O)[C@H]31)C(=O)N2. The molecule has 3 amide bonds. The smallest absolute Gasteiger partial charge is 0.291 e. The van der Waals surface area contributed by atoms with E-state index in [1.54, 1.807) is 11.4 Å². The van der Waals surface area contributed by atoms with Crippen LogP contribution in [0.15, 0.2) is 12.1 Å². The van der Waals surface area contributed by atoms with Crippen LogP contribution in [0.4, 0.5) is 5.69 Å². The van der Waals surface area contributed by atoms with Crippen molar-refractivity contribution in [3.8, 4) is 0 Å². The fourth-order valence-electron chi connectivity index (χ4n) is 6.42. The number of nitrogens with zero attached hydrogens (tertiary/aromatic N) is 1. The van der Waals surface area contributed by atoms with Gasteiger partial charge in [-0.05, 0) is 43.9 Å². The first-order chi connectivity index (χ1) is 15.3. The van der Waals surface area contributed by atoms with Crippen molar-refractivity contribution in [3.05, 3.63) is 28.3 Å². The van der Waals surface area contributed by atoms with Crippen molar-refractivity contribution in [2.75, 3.05) is 5.32 Å². The molecule has 0 radical (unpaired) electrons. The number of anilines is 1. The van der Waals surface area contributed by atoms with Gasteiger partial charge in [-0.1, -0.05) is 30.9 Å². The van der Waals surface area contributed by atoms with Crippen LogP contribution < -0.4 is 15.7 Å². The lowest BCUT2D eigenvalue weighted by molar-refractivity contribution is -0.734. The topological polar surface area (TPSA) is 123 Å². The van der Waals surface area contributed by atoms with Gasteiger partial charge >= 0.3 is 0 Å². The van der Waals surface area contributed by atoms with Crippen molar-refractivity contribution in [3.63, 3.8) is 0 Å². The second-order valence-electron chi connectivity index (χ2n) is 9.58. The molecule has 2 saturated heterocycles. The van der Waals surface area contributed by atoms with Gasteiger partial charge < -0.3 is 20.5 Å². The summed E-state index contributed by atoms with van der Waals surface area (Å²) in [4.78, 5) is 53.5. The number of hydrogen-bond donors (Lipinski definition) is 2. The average Bonchev–Trinajstić information content (AvgIpc) is 3.33. The minimum Gasteiger partial charge on any atom is -0.550 e. The molecule has 9 heteroatoms. The number of fused-ring (bicyclic) bond motifs is 4. The minimum absolute atomic E-state index is 0.144. The van der Waals surface area contributed by atoms with Crippen LogP contribution in [0, 0.1) is 18.8 Å². The van der Waals surface area contributed by atoms with E-state index in [-0.39, 0.29) is 36.6 Å². The van der Waals surface area contributed by atoms with E-state index in [0.717, 1.165) is 37.7 Å². The van der Waals surface area contributed by atoms with Gasteiger partial charge in [-0.25, -0.2) is 0 Å². The number of rotatable bonds is 4. The summed E-state index contributed by atoms with van der Waals surface area (Å²) in [5.41, 5.74) is 0.579. The normalized spacial score (nSPS) is 31.9. The Kier molecular flexibility index (Phi) is 5.05. The molecular formula is C23H26ClN3O5. The summed E-state index contributed by atoms with van der Waals surface area (Å²) in [7, 11) is 0. The molecule has 4 aliphatic rings. The van der Waals surface area contributed by atoms with Crippen LogP contribution in [0.1, 0.15) is 56.1 Å². The first-order valence-electron chi connectivity index (χ1n) is 11.3. The maximum atomic E-state index is 13.8. The van der Waals surface area contributed by atoms with Crippen molar-refractivity contribution < 1.29 is 29.6 Å². The third-order valence-corrected chi connectivity index (χ3v) is 8.03. The highest BCUT2D eigenvalue weighted by Crippen LogP contribution is 2.52. The second kappa shape index (κ2) is 7.56. The molecule has 3 fully saturated rings. The van der Waals surface area contributed by atoms with E-state index in [1.807, 2.05) is 13.0 Å². The summed E-state index contributed by atoms with van der Waals surface area (Å²) >= 11 is 6.42. The van der Waals surface area contributed by atoms with Crippen LogP contribution in [0.5, 0.6) is 0 Å². The summed E-state index contributed by atoms with van der Waals surface area (Å²) in [6, 6.07) is 2.92. The summed E-state index contributed by atoms with van der Waals surface area (Å²) in [6.07, 6.45) is 4.44. The number of imide groups is 1. The fourth-order valence-corrected chi connectivity index (χ4v) is 6.75. The third-order valence-electron chi connectivity index (χ3n) is 7.73. The molecule has 5 rings (SSSR count). The Hall–Kier alpha value is -2.45. The molecule has 1 saturated carbocycles. The molecule has 170 valence electrons. The molecule has 4 atom stereocenters. The number of aryl methyl sites for hydroxylation is 1. The molecule has 3 N–H and O–H groups in total. The largest absolute Gasteiger partial charge is 0.550 e. The third kappa shape index (κ3) is 2.92. The zero-order valence-corrected chi connectivity index (χ0v) is 18.6. The standard InChI is InChI=1S/C23H26ClN3O5/c1-11-9-13-19(14(24)10-11)25-22(32)23(13)18-17(15(26-23)7-8-16(28)29)20(30)27(21(18)31)12-5-3-2-4-6-12/h9-10,12,15,17-18,26H,2-8H2,1H3,(H,25,32)(H,28,29)/t15-,17+,18-,23+/m0/s1. The van der Waals surface area contributed by atoms with Gasteiger partial charge in [0.25, 0.3) is 5.91 Å². The van der Waals surface area contributed by atoms with Gasteiger partial charge in [0.15, 0.2) is 0 Å². The molecule has 3 aliphatic heterocycles. The molecule has 0 unspecified atom stereocenters. The Morgan fingerprint density at radius 3 is 2.62 bits per heavy atom. The number of nitrogens with two attached hydrogens (primary N) is 1. The van der Waals surface area contributed by atoms with Crippen LogP contribution in [0.25, 0.3) is 0 Å². The number of carbonyl (C=O) groups excluding carboxylic acids is 4. The highest BCUT2D eigenvalue weighted by atomic mass is 35.5. The molecule has 0 aromatic heterocycles. The first-order valence-corrected chi connectivity index (χ1v) is 11.7. The first kappa shape index (κ1) is 21.4. The number of quaternary nitrogens is 1. The average molecular weight is 460 g/mol. The number of halogens is 1. The van der Waals surface area contributed by atoms with Gasteiger partial charge in [0.2, 0.25) is 17.4 Å². The van der Waals surface area contributed by atoms with E-state index < -0.39 is 29.4 Å². The number of amides is 3. The van der Waals surface area contributed by atoms with E-state index in [9.17, 15) is 24.3 Å². The quantitative estimate of drug-likeness (QED) is 0.623. The van der Waals surface area contributed by atoms with Crippen LogP contribution >= 0.6 is 11.6 Å². The van der Waals surface area contributed by atoms with E-state index in [1.165, 1.54) is 4.90 Å². The number of carboxylic acid groups (broad SMARTS) is 1. The maximum Gasteiger partial charge on any atom is 0.291 e. The Labute approximate surface area is 190 Å². The van der Waals surface area contributed by atoms with Gasteiger partial charge in [0.05, 0.1) is 10.7 Å². The molecule has 1 spiro atoms. The number of carbonyl (C=O) groups is 4. The minimum atomic E-state index is -1.33. The summed E-state index contributed by atoms with van der Waals surface area (Å²) in [6.45, 7) is 1.86. The van der Waals surface area contributed by atoms with Crippen LogP contribution in [-0.2, 0) is 24.7 Å². The molecule has 3 heterocycles. The zero-order chi connectivity index (χ0) is 22.8. The summed E-state index contributed by atoms with van der Waals surface area (Å²) in [5, 5.41) is 16.2. The Morgan fingerprint density at radius 2 is 1.94 bits per heavy atom. The predicted octanol–water partition coefficient (Wildman–Crippen LogP) is 0.205. The van der Waals surface area contributed by atoms with Gasteiger partial charge in [0.1, 0.15) is 17.9 Å². The van der Waals surface area contributed by atoms with Gasteiger partial charge in [-0.3, -0.25) is 19.3 Å². The van der Waals surface area contributed by atoms with Crippen molar-refractivity contribution >= 4 is 41.0 Å². The molecule has 8 nitrogen and oxygen atoms in total. The van der Waals surface area contributed by atoms with Crippen molar-refractivity contribution in [1.29, 1.82) is 0 Å². The summed E-state index contributed by atoms with van der Waals surface area (Å²) in [5.74, 6) is -3.82. The van der Waals surface area contributed by atoms with E-state index in [0.29, 0.717) is 16.3 Å². The maximum absolute atomic E-state index is 13.8. The number of carboxylic acids is 1. The van der Waals surface area contributed by atoms with Gasteiger partial charge in [-0.15, -0.1) is 0 Å². The van der Waals surface area contributed by atoms with E-state index in [2.05, 4.69) is 5.32 Å². The number of benzene rings is 1. The number of aliphatic carboxylic acids is 1.